The second-order valence-corrected chi connectivity index (χ2v) is 7.64. The van der Waals surface area contributed by atoms with E-state index in [1.54, 1.807) is 0 Å². The first-order valence-electron chi connectivity index (χ1n) is 8.97. The van der Waals surface area contributed by atoms with Crippen LogP contribution >= 0.6 is 0 Å². The van der Waals surface area contributed by atoms with Crippen molar-refractivity contribution in [2.75, 3.05) is 5.32 Å². The number of hydrogen-bond donors (Lipinski definition) is 2. The van der Waals surface area contributed by atoms with E-state index < -0.39 is 0 Å². The third-order valence-electron chi connectivity index (χ3n) is 6.53. The number of carbonyl (C=O) groups excluding carboxylic acids is 1. The van der Waals surface area contributed by atoms with E-state index in [1.807, 2.05) is 18.2 Å². The minimum absolute atomic E-state index is 0.331. The molecule has 122 valence electrons. The summed E-state index contributed by atoms with van der Waals surface area (Å²) in [5.41, 5.74) is 10.0. The van der Waals surface area contributed by atoms with Gasteiger partial charge in [0.1, 0.15) is 0 Å². The van der Waals surface area contributed by atoms with E-state index in [2.05, 4.69) is 35.6 Å². The molecule has 2 fully saturated rings. The number of primary amides is 1. The molecule has 2 aliphatic carbocycles. The van der Waals surface area contributed by atoms with Crippen LogP contribution in [0.15, 0.2) is 48.5 Å². The van der Waals surface area contributed by atoms with Gasteiger partial charge in [-0.2, -0.15) is 0 Å². The maximum Gasteiger partial charge on any atom is 0.248 e. The lowest BCUT2D eigenvalue weighted by Crippen LogP contribution is -2.35. The Balaban J connectivity index is 1.64. The van der Waals surface area contributed by atoms with Crippen molar-refractivity contribution in [3.8, 4) is 0 Å². The summed E-state index contributed by atoms with van der Waals surface area (Å²) in [4.78, 5) is 11.6. The van der Waals surface area contributed by atoms with Crippen molar-refractivity contribution in [1.29, 1.82) is 0 Å². The van der Waals surface area contributed by atoms with Gasteiger partial charge >= 0.3 is 0 Å². The third-order valence-corrected chi connectivity index (χ3v) is 6.53. The Morgan fingerprint density at radius 2 is 1.83 bits per heavy atom. The monoisotopic (exact) mass is 318 g/mol. The standard InChI is InChI=1S/C21H22N2O/c22-21(24)15-8-9-17-16(11-15)18-13-6-7-14(10-13)19(18)20(23-17)12-4-2-1-3-5-12/h1-5,8-9,11,13-14,18-20,23H,6-7,10H2,(H2,22,24)/t13-,14+,18+,19-,20-/m0/s1. The van der Waals surface area contributed by atoms with Crippen LogP contribution in [0.1, 0.15) is 52.7 Å². The number of nitrogens with one attached hydrogen (secondary N) is 1. The van der Waals surface area contributed by atoms with Crippen LogP contribution < -0.4 is 11.1 Å². The first-order chi connectivity index (χ1) is 11.7. The van der Waals surface area contributed by atoms with Crippen molar-refractivity contribution in [3.63, 3.8) is 0 Å². The van der Waals surface area contributed by atoms with Crippen molar-refractivity contribution in [3.05, 3.63) is 65.2 Å². The molecule has 3 aliphatic rings. The van der Waals surface area contributed by atoms with Gasteiger partial charge in [0.25, 0.3) is 0 Å². The number of carbonyl (C=O) groups is 1. The molecule has 2 aromatic rings. The molecule has 0 radical (unpaired) electrons. The van der Waals surface area contributed by atoms with Gasteiger partial charge < -0.3 is 11.1 Å². The Morgan fingerprint density at radius 3 is 2.62 bits per heavy atom. The number of amides is 1. The summed E-state index contributed by atoms with van der Waals surface area (Å²) in [6.07, 6.45) is 4.01. The van der Waals surface area contributed by atoms with E-state index in [0.29, 0.717) is 23.4 Å². The van der Waals surface area contributed by atoms with Crippen molar-refractivity contribution >= 4 is 11.6 Å². The van der Waals surface area contributed by atoms with Crippen molar-refractivity contribution in [2.45, 2.75) is 31.2 Å². The van der Waals surface area contributed by atoms with Crippen molar-refractivity contribution in [2.24, 2.45) is 23.5 Å². The third kappa shape index (κ3) is 1.94. The van der Waals surface area contributed by atoms with Gasteiger partial charge in [-0.1, -0.05) is 30.3 Å². The van der Waals surface area contributed by atoms with E-state index in [9.17, 15) is 4.79 Å². The number of benzene rings is 2. The molecule has 5 rings (SSSR count). The molecule has 2 aromatic carbocycles. The van der Waals surface area contributed by atoms with Crippen LogP contribution in [0.2, 0.25) is 0 Å². The molecule has 2 saturated carbocycles. The largest absolute Gasteiger partial charge is 0.378 e. The molecular formula is C21H22N2O. The Morgan fingerprint density at radius 1 is 1.04 bits per heavy atom. The average molecular weight is 318 g/mol. The molecule has 1 aliphatic heterocycles. The SMILES string of the molecule is NC(=O)c1ccc2c(c1)[C@H]1[C@H]3CC[C@H](C3)[C@@H]1[C@H](c1ccccc1)N2. The molecule has 3 N–H and O–H groups in total. The predicted octanol–water partition coefficient (Wildman–Crippen LogP) is 4.08. The van der Waals surface area contributed by atoms with Gasteiger partial charge in [0.05, 0.1) is 6.04 Å². The first kappa shape index (κ1) is 14.1. The molecule has 0 aromatic heterocycles. The molecule has 0 spiro atoms. The van der Waals surface area contributed by atoms with E-state index in [1.165, 1.54) is 36.1 Å². The van der Waals surface area contributed by atoms with Gasteiger partial charge in [-0.25, -0.2) is 0 Å². The van der Waals surface area contributed by atoms with Crippen LogP contribution in [0.5, 0.6) is 0 Å². The highest BCUT2D eigenvalue weighted by atomic mass is 16.1. The molecule has 3 nitrogen and oxygen atoms in total. The molecule has 0 saturated heterocycles. The molecule has 1 heterocycles. The molecule has 2 bridgehead atoms. The van der Waals surface area contributed by atoms with E-state index in [0.717, 1.165) is 11.8 Å². The zero-order chi connectivity index (χ0) is 16.3. The lowest BCUT2D eigenvalue weighted by atomic mass is 9.68. The Labute approximate surface area is 142 Å². The zero-order valence-corrected chi connectivity index (χ0v) is 13.6. The predicted molar refractivity (Wildman–Crippen MR) is 94.8 cm³/mol. The number of anilines is 1. The fourth-order valence-electron chi connectivity index (χ4n) is 5.63. The van der Waals surface area contributed by atoms with E-state index in [-0.39, 0.29) is 5.91 Å². The fourth-order valence-corrected chi connectivity index (χ4v) is 5.63. The topological polar surface area (TPSA) is 55.1 Å². The van der Waals surface area contributed by atoms with E-state index >= 15 is 0 Å². The smallest absolute Gasteiger partial charge is 0.248 e. The summed E-state index contributed by atoms with van der Waals surface area (Å²) in [5, 5.41) is 3.78. The van der Waals surface area contributed by atoms with Gasteiger partial charge in [0.15, 0.2) is 0 Å². The summed E-state index contributed by atoms with van der Waals surface area (Å²) in [7, 11) is 0. The minimum atomic E-state index is -0.331. The second-order valence-electron chi connectivity index (χ2n) is 7.64. The van der Waals surface area contributed by atoms with Gasteiger partial charge in [0, 0.05) is 11.3 Å². The van der Waals surface area contributed by atoms with Gasteiger partial charge in [-0.15, -0.1) is 0 Å². The van der Waals surface area contributed by atoms with Crippen LogP contribution in [-0.4, -0.2) is 5.91 Å². The summed E-state index contributed by atoms with van der Waals surface area (Å²) >= 11 is 0. The van der Waals surface area contributed by atoms with Crippen molar-refractivity contribution in [1.82, 2.24) is 0 Å². The van der Waals surface area contributed by atoms with Gasteiger partial charge in [0.2, 0.25) is 5.91 Å². The lowest BCUT2D eigenvalue weighted by molar-refractivity contribution is 0.1000. The second kappa shape index (κ2) is 5.10. The van der Waals surface area contributed by atoms with Crippen LogP contribution in [-0.2, 0) is 0 Å². The van der Waals surface area contributed by atoms with Crippen LogP contribution in [0, 0.1) is 17.8 Å². The summed E-state index contributed by atoms with van der Waals surface area (Å²) in [6.45, 7) is 0. The maximum absolute atomic E-state index is 11.6. The fraction of sp³-hybridized carbons (Fsp3) is 0.381. The van der Waals surface area contributed by atoms with Gasteiger partial charge in [-0.05, 0) is 72.3 Å². The summed E-state index contributed by atoms with van der Waals surface area (Å²) in [5.74, 6) is 2.41. The number of nitrogens with two attached hydrogens (primary N) is 1. The molecule has 24 heavy (non-hydrogen) atoms. The highest BCUT2D eigenvalue weighted by Gasteiger charge is 2.53. The normalized spacial score (nSPS) is 32.8. The molecule has 5 atom stereocenters. The molecule has 0 unspecified atom stereocenters. The lowest BCUT2D eigenvalue weighted by Gasteiger charge is -2.43. The number of hydrogen-bond acceptors (Lipinski definition) is 2. The van der Waals surface area contributed by atoms with Crippen LogP contribution in [0.4, 0.5) is 5.69 Å². The highest BCUT2D eigenvalue weighted by Crippen LogP contribution is 2.63. The highest BCUT2D eigenvalue weighted by molar-refractivity contribution is 5.93. The Kier molecular flexibility index (Phi) is 2.99. The Hall–Kier alpha value is -2.29. The zero-order valence-electron chi connectivity index (χ0n) is 13.6. The Bertz CT molecular complexity index is 801. The minimum Gasteiger partial charge on any atom is -0.378 e. The quantitative estimate of drug-likeness (QED) is 0.876. The number of fused-ring (bicyclic) bond motifs is 7. The van der Waals surface area contributed by atoms with Crippen LogP contribution in [0.3, 0.4) is 0 Å². The van der Waals surface area contributed by atoms with Crippen LogP contribution in [0.25, 0.3) is 0 Å². The van der Waals surface area contributed by atoms with Gasteiger partial charge in [-0.3, -0.25) is 4.79 Å². The maximum atomic E-state index is 11.6. The molecular weight excluding hydrogens is 296 g/mol. The molecule has 3 heteroatoms. The number of rotatable bonds is 2. The summed E-state index contributed by atoms with van der Waals surface area (Å²) < 4.78 is 0. The molecule has 1 amide bonds. The van der Waals surface area contributed by atoms with Crippen molar-refractivity contribution < 1.29 is 4.79 Å². The van der Waals surface area contributed by atoms with E-state index in [4.69, 9.17) is 5.73 Å². The summed E-state index contributed by atoms with van der Waals surface area (Å²) in [6, 6.07) is 17.1. The average Bonchev–Trinajstić information content (AvgIpc) is 3.23. The first-order valence-corrected chi connectivity index (χ1v) is 8.97.